The Morgan fingerprint density at radius 3 is 2.65 bits per heavy atom. The van der Waals surface area contributed by atoms with Gasteiger partial charge in [0.1, 0.15) is 5.82 Å². The van der Waals surface area contributed by atoms with E-state index in [-0.39, 0.29) is 11.7 Å². The Labute approximate surface area is 154 Å². The van der Waals surface area contributed by atoms with E-state index in [9.17, 15) is 9.18 Å². The first-order valence-electron chi connectivity index (χ1n) is 9.35. The molecule has 1 aromatic heterocycles. The summed E-state index contributed by atoms with van der Waals surface area (Å²) in [5, 5.41) is 4.28. The molecule has 0 atom stereocenters. The number of rotatable bonds is 5. The minimum absolute atomic E-state index is 0.0881. The SMILES string of the molecule is CCCc1c(C(=O)N2CCCN(Cc3ccc(F)cc3)CC2)cnn1C. The van der Waals surface area contributed by atoms with Crippen molar-refractivity contribution in [2.75, 3.05) is 26.2 Å². The molecule has 2 aromatic rings. The molecule has 1 aliphatic heterocycles. The minimum atomic E-state index is -0.208. The average Bonchev–Trinajstić information content (AvgIpc) is 2.85. The predicted octanol–water partition coefficient (Wildman–Crippen LogP) is 2.86. The van der Waals surface area contributed by atoms with Gasteiger partial charge in [-0.05, 0) is 30.5 Å². The van der Waals surface area contributed by atoms with Crippen molar-refractivity contribution in [3.05, 3.63) is 53.1 Å². The summed E-state index contributed by atoms with van der Waals surface area (Å²) in [7, 11) is 1.90. The standard InChI is InChI=1S/C20H27FN4O/c1-3-5-19-18(14-22-23(19)2)20(26)25-11-4-10-24(12-13-25)15-16-6-8-17(21)9-7-16/h6-9,14H,3-5,10-13,15H2,1-2H3. The summed E-state index contributed by atoms with van der Waals surface area (Å²) in [4.78, 5) is 17.3. The van der Waals surface area contributed by atoms with Crippen molar-refractivity contribution in [3.8, 4) is 0 Å². The molecule has 0 saturated carbocycles. The van der Waals surface area contributed by atoms with Gasteiger partial charge in [0.15, 0.2) is 0 Å². The monoisotopic (exact) mass is 358 g/mol. The first kappa shape index (κ1) is 18.6. The Kier molecular flexibility index (Phi) is 6.04. The number of aryl methyl sites for hydroxylation is 1. The third-order valence-corrected chi connectivity index (χ3v) is 4.97. The summed E-state index contributed by atoms with van der Waals surface area (Å²) in [6.07, 6.45) is 4.50. The molecule has 2 heterocycles. The zero-order valence-corrected chi connectivity index (χ0v) is 15.6. The number of aromatic nitrogens is 2. The van der Waals surface area contributed by atoms with Gasteiger partial charge in [-0.2, -0.15) is 5.10 Å². The van der Waals surface area contributed by atoms with Gasteiger partial charge in [-0.1, -0.05) is 25.5 Å². The van der Waals surface area contributed by atoms with Crippen molar-refractivity contribution < 1.29 is 9.18 Å². The second-order valence-electron chi connectivity index (χ2n) is 6.93. The van der Waals surface area contributed by atoms with Crippen LogP contribution in [0, 0.1) is 5.82 Å². The fourth-order valence-electron chi connectivity index (χ4n) is 3.53. The molecule has 140 valence electrons. The van der Waals surface area contributed by atoms with E-state index in [1.165, 1.54) is 12.1 Å². The molecule has 0 bridgehead atoms. The second-order valence-corrected chi connectivity index (χ2v) is 6.93. The number of benzene rings is 1. The highest BCUT2D eigenvalue weighted by Gasteiger charge is 2.24. The van der Waals surface area contributed by atoms with Crippen LogP contribution in [0.3, 0.4) is 0 Å². The van der Waals surface area contributed by atoms with Crippen molar-refractivity contribution in [1.82, 2.24) is 19.6 Å². The maximum atomic E-state index is 13.1. The van der Waals surface area contributed by atoms with Crippen molar-refractivity contribution in [2.45, 2.75) is 32.7 Å². The van der Waals surface area contributed by atoms with E-state index >= 15 is 0 Å². The first-order valence-corrected chi connectivity index (χ1v) is 9.35. The van der Waals surface area contributed by atoms with E-state index in [1.54, 1.807) is 6.20 Å². The number of carbonyl (C=O) groups is 1. The molecule has 1 amide bonds. The molecule has 1 aromatic carbocycles. The molecule has 26 heavy (non-hydrogen) atoms. The summed E-state index contributed by atoms with van der Waals surface area (Å²) >= 11 is 0. The topological polar surface area (TPSA) is 41.4 Å². The largest absolute Gasteiger partial charge is 0.337 e. The third kappa shape index (κ3) is 4.30. The molecule has 3 rings (SSSR count). The molecule has 0 unspecified atom stereocenters. The maximum Gasteiger partial charge on any atom is 0.257 e. The second kappa shape index (κ2) is 8.45. The van der Waals surface area contributed by atoms with Crippen LogP contribution in [0.2, 0.25) is 0 Å². The summed E-state index contributed by atoms with van der Waals surface area (Å²) in [5.74, 6) is -0.120. The molecule has 6 heteroatoms. The number of amides is 1. The van der Waals surface area contributed by atoms with Gasteiger partial charge in [0.25, 0.3) is 5.91 Å². The molecule has 0 spiro atoms. The van der Waals surface area contributed by atoms with Gasteiger partial charge in [-0.15, -0.1) is 0 Å². The van der Waals surface area contributed by atoms with Crippen molar-refractivity contribution in [2.24, 2.45) is 7.05 Å². The summed E-state index contributed by atoms with van der Waals surface area (Å²) < 4.78 is 14.9. The molecule has 5 nitrogen and oxygen atoms in total. The highest BCUT2D eigenvalue weighted by Crippen LogP contribution is 2.16. The summed E-state index contributed by atoms with van der Waals surface area (Å²) in [5.41, 5.74) is 2.86. The number of hydrogen-bond acceptors (Lipinski definition) is 3. The van der Waals surface area contributed by atoms with Gasteiger partial charge < -0.3 is 4.90 Å². The van der Waals surface area contributed by atoms with Crippen molar-refractivity contribution >= 4 is 5.91 Å². The molecule has 0 radical (unpaired) electrons. The average molecular weight is 358 g/mol. The van der Waals surface area contributed by atoms with Crippen LogP contribution in [0.5, 0.6) is 0 Å². The van der Waals surface area contributed by atoms with E-state index in [0.717, 1.165) is 62.3 Å². The molecule has 1 aliphatic rings. The van der Waals surface area contributed by atoms with Crippen LogP contribution < -0.4 is 0 Å². The Balaban J connectivity index is 1.63. The number of nitrogens with zero attached hydrogens (tertiary/aromatic N) is 4. The Morgan fingerprint density at radius 1 is 1.15 bits per heavy atom. The van der Waals surface area contributed by atoms with Gasteiger partial charge in [0, 0.05) is 39.8 Å². The fourth-order valence-corrected chi connectivity index (χ4v) is 3.53. The number of carbonyl (C=O) groups excluding carboxylic acids is 1. The Bertz CT molecular complexity index is 741. The molecule has 0 aliphatic carbocycles. The van der Waals surface area contributed by atoms with E-state index in [0.29, 0.717) is 6.54 Å². The van der Waals surface area contributed by atoms with Gasteiger partial charge in [0.05, 0.1) is 17.5 Å². The van der Waals surface area contributed by atoms with Crippen molar-refractivity contribution in [1.29, 1.82) is 0 Å². The van der Waals surface area contributed by atoms with Crippen LogP contribution in [0.1, 0.15) is 41.4 Å². The lowest BCUT2D eigenvalue weighted by molar-refractivity contribution is 0.0760. The lowest BCUT2D eigenvalue weighted by Gasteiger charge is -2.22. The number of halogens is 1. The first-order chi connectivity index (χ1) is 12.6. The molecular weight excluding hydrogens is 331 g/mol. The quantitative estimate of drug-likeness (QED) is 0.825. The van der Waals surface area contributed by atoms with Crippen LogP contribution >= 0.6 is 0 Å². The lowest BCUT2D eigenvalue weighted by atomic mass is 10.1. The van der Waals surface area contributed by atoms with E-state index < -0.39 is 0 Å². The molecule has 1 saturated heterocycles. The van der Waals surface area contributed by atoms with E-state index in [1.807, 2.05) is 28.8 Å². The molecule has 0 N–H and O–H groups in total. The number of hydrogen-bond donors (Lipinski definition) is 0. The van der Waals surface area contributed by atoms with Crippen LogP contribution in [0.15, 0.2) is 30.5 Å². The smallest absolute Gasteiger partial charge is 0.257 e. The summed E-state index contributed by atoms with van der Waals surface area (Å²) in [6.45, 7) is 6.14. The van der Waals surface area contributed by atoms with Gasteiger partial charge in [-0.3, -0.25) is 14.4 Å². The van der Waals surface area contributed by atoms with Crippen LogP contribution in [-0.4, -0.2) is 51.7 Å². The van der Waals surface area contributed by atoms with Crippen LogP contribution in [0.25, 0.3) is 0 Å². The highest BCUT2D eigenvalue weighted by atomic mass is 19.1. The molecule has 1 fully saturated rings. The third-order valence-electron chi connectivity index (χ3n) is 4.97. The van der Waals surface area contributed by atoms with Gasteiger partial charge >= 0.3 is 0 Å². The van der Waals surface area contributed by atoms with E-state index in [4.69, 9.17) is 0 Å². The minimum Gasteiger partial charge on any atom is -0.337 e. The zero-order valence-electron chi connectivity index (χ0n) is 15.6. The zero-order chi connectivity index (χ0) is 18.5. The lowest BCUT2D eigenvalue weighted by Crippen LogP contribution is -2.35. The van der Waals surface area contributed by atoms with Crippen LogP contribution in [-0.2, 0) is 20.0 Å². The van der Waals surface area contributed by atoms with Crippen LogP contribution in [0.4, 0.5) is 4.39 Å². The highest BCUT2D eigenvalue weighted by molar-refractivity contribution is 5.95. The summed E-state index contributed by atoms with van der Waals surface area (Å²) in [6, 6.07) is 6.66. The van der Waals surface area contributed by atoms with Crippen molar-refractivity contribution in [3.63, 3.8) is 0 Å². The maximum absolute atomic E-state index is 13.1. The molecular formula is C20H27FN4O. The van der Waals surface area contributed by atoms with E-state index in [2.05, 4.69) is 16.9 Å². The Hall–Kier alpha value is -2.21. The fraction of sp³-hybridized carbons (Fsp3) is 0.500. The van der Waals surface area contributed by atoms with Gasteiger partial charge in [0.2, 0.25) is 0 Å². The normalized spacial score (nSPS) is 15.9. The van der Waals surface area contributed by atoms with Gasteiger partial charge in [-0.25, -0.2) is 4.39 Å². The Morgan fingerprint density at radius 2 is 1.92 bits per heavy atom. The predicted molar refractivity (Wildman–Crippen MR) is 99.4 cm³/mol.